The predicted octanol–water partition coefficient (Wildman–Crippen LogP) is 5.89. The van der Waals surface area contributed by atoms with E-state index >= 15 is 0 Å². The fourth-order valence-corrected chi connectivity index (χ4v) is 6.99. The molecule has 2 saturated carbocycles. The fraction of sp³-hybridized carbons (Fsp3) is 0.793. The van der Waals surface area contributed by atoms with Crippen molar-refractivity contribution < 1.29 is 9.53 Å². The van der Waals surface area contributed by atoms with Gasteiger partial charge in [-0.15, -0.1) is 0 Å². The van der Waals surface area contributed by atoms with E-state index in [1.165, 1.54) is 50.4 Å². The molecule has 0 radical (unpaired) electrons. The predicted molar refractivity (Wildman–Crippen MR) is 139 cm³/mol. The van der Waals surface area contributed by atoms with Crippen LogP contribution < -0.4 is 4.90 Å². The minimum Gasteiger partial charge on any atom is -0.466 e. The molecule has 5 nitrogen and oxygen atoms in total. The molecular weight excluding hydrogens is 422 g/mol. The second-order valence-electron chi connectivity index (χ2n) is 12.5. The van der Waals surface area contributed by atoms with Crippen LogP contribution in [0.2, 0.25) is 0 Å². The van der Waals surface area contributed by atoms with Crippen molar-refractivity contribution in [1.29, 1.82) is 0 Å². The lowest BCUT2D eigenvalue weighted by Crippen LogP contribution is -2.47. The third kappa shape index (κ3) is 5.95. The van der Waals surface area contributed by atoms with Crippen LogP contribution in [0.25, 0.3) is 0 Å². The highest BCUT2D eigenvalue weighted by Gasteiger charge is 2.50. The van der Waals surface area contributed by atoms with E-state index in [0.717, 1.165) is 57.4 Å². The molecule has 3 fully saturated rings. The van der Waals surface area contributed by atoms with Crippen LogP contribution >= 0.6 is 0 Å². The molecule has 0 N–H and O–H groups in total. The van der Waals surface area contributed by atoms with Gasteiger partial charge in [-0.1, -0.05) is 27.7 Å². The number of esters is 1. The van der Waals surface area contributed by atoms with Crippen molar-refractivity contribution in [3.8, 4) is 0 Å². The Labute approximate surface area is 207 Å². The van der Waals surface area contributed by atoms with Crippen molar-refractivity contribution in [2.75, 3.05) is 44.2 Å². The zero-order valence-electron chi connectivity index (χ0n) is 22.3. The number of carbonyl (C=O) groups excluding carboxylic acids is 1. The number of anilines is 1. The number of hydrogen-bond acceptors (Lipinski definition) is 5. The fourth-order valence-electron chi connectivity index (χ4n) is 6.99. The maximum atomic E-state index is 10.9. The smallest absolute Gasteiger partial charge is 0.302 e. The van der Waals surface area contributed by atoms with E-state index < -0.39 is 0 Å². The molecular formula is C29H47N3O2. The Kier molecular flexibility index (Phi) is 7.91. The highest BCUT2D eigenvalue weighted by Crippen LogP contribution is 2.59. The molecule has 34 heavy (non-hydrogen) atoms. The number of unbranched alkanes of at least 4 members (excludes halogenated alkanes) is 1. The normalized spacial score (nSPS) is 28.9. The van der Waals surface area contributed by atoms with Gasteiger partial charge in [-0.25, -0.2) is 0 Å². The van der Waals surface area contributed by atoms with E-state index in [1.54, 1.807) is 0 Å². The standard InChI is InChI=1S/C29H47N3O2/c1-22(33)34-19-7-6-14-31-15-17-32(18-16-31)24-10-13-30-27(21-24)23-8-9-25-26(20-23)29(4,5)12-11-28(25,2)3/h10,13,21,23,25-26H,6-9,11-12,14-20H2,1-5H3. The summed E-state index contributed by atoms with van der Waals surface area (Å²) in [5.74, 6) is 2.10. The highest BCUT2D eigenvalue weighted by molar-refractivity contribution is 5.65. The van der Waals surface area contributed by atoms with Crippen LogP contribution in [0.1, 0.15) is 91.2 Å². The van der Waals surface area contributed by atoms with Gasteiger partial charge in [0.05, 0.1) is 6.61 Å². The van der Waals surface area contributed by atoms with Crippen LogP contribution in [0.3, 0.4) is 0 Å². The third-order valence-electron chi connectivity index (χ3n) is 9.37. The van der Waals surface area contributed by atoms with Crippen LogP contribution in [-0.4, -0.2) is 55.2 Å². The number of ether oxygens (including phenoxy) is 1. The molecule has 5 heteroatoms. The number of piperazine rings is 1. The molecule has 1 aliphatic heterocycles. The maximum absolute atomic E-state index is 10.9. The van der Waals surface area contributed by atoms with E-state index in [4.69, 9.17) is 9.72 Å². The Hall–Kier alpha value is -1.62. The van der Waals surface area contributed by atoms with Gasteiger partial charge in [0.1, 0.15) is 0 Å². The molecule has 3 aliphatic rings. The van der Waals surface area contributed by atoms with Gasteiger partial charge >= 0.3 is 5.97 Å². The molecule has 1 aromatic rings. The van der Waals surface area contributed by atoms with Crippen molar-refractivity contribution >= 4 is 11.7 Å². The Balaban J connectivity index is 1.31. The van der Waals surface area contributed by atoms with Gasteiger partial charge in [-0.05, 0) is 86.3 Å². The first kappa shape index (κ1) is 25.5. The average molecular weight is 470 g/mol. The molecule has 0 aromatic carbocycles. The summed E-state index contributed by atoms with van der Waals surface area (Å²) in [5.41, 5.74) is 3.61. The topological polar surface area (TPSA) is 45.7 Å². The zero-order chi connectivity index (χ0) is 24.3. The summed E-state index contributed by atoms with van der Waals surface area (Å²) < 4.78 is 5.05. The SMILES string of the molecule is CC(=O)OCCCCN1CCN(c2ccnc(C3CCC4C(C3)C(C)(C)CCC4(C)C)c2)CC1. The molecule has 3 unspecified atom stereocenters. The molecule has 1 aromatic heterocycles. The lowest BCUT2D eigenvalue weighted by Gasteiger charge is -2.56. The first-order valence-corrected chi connectivity index (χ1v) is 13.7. The summed E-state index contributed by atoms with van der Waals surface area (Å²) in [5, 5.41) is 0. The van der Waals surface area contributed by atoms with Gasteiger partial charge in [0.2, 0.25) is 0 Å². The quantitative estimate of drug-likeness (QED) is 0.368. The highest BCUT2D eigenvalue weighted by atomic mass is 16.5. The third-order valence-corrected chi connectivity index (χ3v) is 9.37. The van der Waals surface area contributed by atoms with Gasteiger partial charge < -0.3 is 9.64 Å². The number of pyridine rings is 1. The number of hydrogen-bond donors (Lipinski definition) is 0. The molecule has 3 atom stereocenters. The Morgan fingerprint density at radius 1 is 1.03 bits per heavy atom. The van der Waals surface area contributed by atoms with Crippen LogP contribution in [0.15, 0.2) is 18.3 Å². The van der Waals surface area contributed by atoms with Gasteiger partial charge in [-0.2, -0.15) is 0 Å². The number of rotatable bonds is 7. The van der Waals surface area contributed by atoms with Gasteiger partial charge in [0, 0.05) is 56.6 Å². The first-order chi connectivity index (χ1) is 16.2. The van der Waals surface area contributed by atoms with Gasteiger partial charge in [0.15, 0.2) is 0 Å². The van der Waals surface area contributed by atoms with E-state index in [-0.39, 0.29) is 5.97 Å². The van der Waals surface area contributed by atoms with E-state index in [9.17, 15) is 4.79 Å². The summed E-state index contributed by atoms with van der Waals surface area (Å²) in [4.78, 5) is 20.9. The van der Waals surface area contributed by atoms with E-state index in [2.05, 4.69) is 49.6 Å². The van der Waals surface area contributed by atoms with Crippen LogP contribution in [0, 0.1) is 22.7 Å². The number of fused-ring (bicyclic) bond motifs is 1. The van der Waals surface area contributed by atoms with Crippen molar-refractivity contribution in [3.63, 3.8) is 0 Å². The van der Waals surface area contributed by atoms with Crippen LogP contribution in [0.4, 0.5) is 5.69 Å². The molecule has 0 spiro atoms. The van der Waals surface area contributed by atoms with Gasteiger partial charge in [-0.3, -0.25) is 14.7 Å². The maximum Gasteiger partial charge on any atom is 0.302 e. The molecule has 0 amide bonds. The summed E-state index contributed by atoms with van der Waals surface area (Å²) in [6.45, 7) is 17.5. The summed E-state index contributed by atoms with van der Waals surface area (Å²) in [6, 6.07) is 4.61. The molecule has 0 bridgehead atoms. The summed E-state index contributed by atoms with van der Waals surface area (Å²) in [7, 11) is 0. The largest absolute Gasteiger partial charge is 0.466 e. The van der Waals surface area contributed by atoms with Crippen molar-refractivity contribution in [2.45, 2.75) is 85.5 Å². The summed E-state index contributed by atoms with van der Waals surface area (Å²) >= 11 is 0. The molecule has 2 heterocycles. The number of carbonyl (C=O) groups is 1. The second kappa shape index (κ2) is 10.6. The van der Waals surface area contributed by atoms with Gasteiger partial charge in [0.25, 0.3) is 0 Å². The monoisotopic (exact) mass is 469 g/mol. The molecule has 2 aliphatic carbocycles. The minimum atomic E-state index is -0.176. The van der Waals surface area contributed by atoms with Crippen LogP contribution in [-0.2, 0) is 9.53 Å². The second-order valence-corrected chi connectivity index (χ2v) is 12.5. The van der Waals surface area contributed by atoms with Crippen molar-refractivity contribution in [2.24, 2.45) is 22.7 Å². The first-order valence-electron chi connectivity index (χ1n) is 13.7. The minimum absolute atomic E-state index is 0.176. The number of aromatic nitrogens is 1. The van der Waals surface area contributed by atoms with Crippen molar-refractivity contribution in [3.05, 3.63) is 24.0 Å². The lowest BCUT2D eigenvalue weighted by molar-refractivity contribution is -0.141. The van der Waals surface area contributed by atoms with Crippen LogP contribution in [0.5, 0.6) is 0 Å². The molecule has 1 saturated heterocycles. The summed E-state index contributed by atoms with van der Waals surface area (Å²) in [6.07, 6.45) is 10.8. The lowest BCUT2D eigenvalue weighted by atomic mass is 9.49. The van der Waals surface area contributed by atoms with E-state index in [0.29, 0.717) is 23.4 Å². The molecule has 190 valence electrons. The molecule has 4 rings (SSSR count). The zero-order valence-corrected chi connectivity index (χ0v) is 22.3. The van der Waals surface area contributed by atoms with Crippen molar-refractivity contribution in [1.82, 2.24) is 9.88 Å². The Morgan fingerprint density at radius 2 is 1.74 bits per heavy atom. The number of nitrogens with zero attached hydrogens (tertiary/aromatic N) is 3. The Morgan fingerprint density at radius 3 is 2.44 bits per heavy atom. The Bertz CT molecular complexity index is 828. The average Bonchev–Trinajstić information content (AvgIpc) is 2.82. The van der Waals surface area contributed by atoms with E-state index in [1.807, 2.05) is 6.20 Å².